The first-order valence-corrected chi connectivity index (χ1v) is 8.79. The molecule has 0 fully saturated rings. The van der Waals surface area contributed by atoms with Crippen LogP contribution in [0.2, 0.25) is 5.02 Å². The molecule has 1 heterocycles. The van der Waals surface area contributed by atoms with Crippen LogP contribution in [0.4, 0.5) is 5.13 Å². The predicted molar refractivity (Wildman–Crippen MR) is 81.7 cm³/mol. The van der Waals surface area contributed by atoms with Crippen LogP contribution in [0.25, 0.3) is 0 Å². The van der Waals surface area contributed by atoms with Gasteiger partial charge in [0.05, 0.1) is 5.75 Å². The highest BCUT2D eigenvalue weighted by molar-refractivity contribution is 7.92. The van der Waals surface area contributed by atoms with Gasteiger partial charge in [-0.05, 0) is 11.6 Å². The summed E-state index contributed by atoms with van der Waals surface area (Å²) in [6.45, 7) is 3.95. The third-order valence-corrected chi connectivity index (χ3v) is 5.31. The Morgan fingerprint density at radius 2 is 2.00 bits per heavy atom. The molecule has 2 aromatic rings. The molecule has 8 heteroatoms. The maximum absolute atomic E-state index is 12.1. The van der Waals surface area contributed by atoms with Crippen molar-refractivity contribution >= 4 is 38.1 Å². The highest BCUT2D eigenvalue weighted by Crippen LogP contribution is 2.24. The zero-order valence-corrected chi connectivity index (χ0v) is 13.4. The van der Waals surface area contributed by atoms with Crippen molar-refractivity contribution < 1.29 is 8.42 Å². The third-order valence-electron chi connectivity index (χ3n) is 2.48. The number of rotatable bonds is 5. The van der Waals surface area contributed by atoms with Gasteiger partial charge in [-0.3, -0.25) is 4.72 Å². The Morgan fingerprint density at radius 1 is 1.30 bits per heavy atom. The summed E-state index contributed by atoms with van der Waals surface area (Å²) in [5, 5.41) is 9.27. The average Bonchev–Trinajstić information content (AvgIpc) is 2.79. The van der Waals surface area contributed by atoms with Crippen LogP contribution in [-0.2, 0) is 15.8 Å². The number of hydrogen-bond donors (Lipinski definition) is 1. The molecular formula is C12H14ClN3O2S2. The number of anilines is 1. The van der Waals surface area contributed by atoms with Crippen LogP contribution in [0.15, 0.2) is 24.3 Å². The Labute approximate surface area is 127 Å². The topological polar surface area (TPSA) is 72.0 Å². The molecule has 0 amide bonds. The molecule has 0 saturated carbocycles. The van der Waals surface area contributed by atoms with E-state index in [-0.39, 0.29) is 16.8 Å². The van der Waals surface area contributed by atoms with Crippen molar-refractivity contribution in [3.05, 3.63) is 39.9 Å². The summed E-state index contributed by atoms with van der Waals surface area (Å²) in [6, 6.07) is 6.85. The zero-order chi connectivity index (χ0) is 14.8. The summed E-state index contributed by atoms with van der Waals surface area (Å²) in [4.78, 5) is 0. The molecule has 1 aromatic carbocycles. The second-order valence-electron chi connectivity index (χ2n) is 4.55. The van der Waals surface area contributed by atoms with Crippen LogP contribution in [0.5, 0.6) is 0 Å². The van der Waals surface area contributed by atoms with Crippen molar-refractivity contribution in [2.45, 2.75) is 25.5 Å². The number of nitrogens with one attached hydrogen (secondary N) is 1. The van der Waals surface area contributed by atoms with Crippen molar-refractivity contribution in [2.24, 2.45) is 0 Å². The molecule has 0 radical (unpaired) electrons. The lowest BCUT2D eigenvalue weighted by Gasteiger charge is -2.06. The number of aromatic nitrogens is 2. The van der Waals surface area contributed by atoms with Gasteiger partial charge in [0, 0.05) is 10.9 Å². The van der Waals surface area contributed by atoms with Gasteiger partial charge in [-0.15, -0.1) is 10.2 Å². The minimum Gasteiger partial charge on any atom is -0.257 e. The molecule has 5 nitrogen and oxygen atoms in total. The van der Waals surface area contributed by atoms with E-state index >= 15 is 0 Å². The zero-order valence-electron chi connectivity index (χ0n) is 11.0. The summed E-state index contributed by atoms with van der Waals surface area (Å²) in [5.41, 5.74) is 0.551. The molecular weight excluding hydrogens is 318 g/mol. The monoisotopic (exact) mass is 331 g/mol. The van der Waals surface area contributed by atoms with E-state index in [1.165, 1.54) is 11.3 Å². The summed E-state index contributed by atoms with van der Waals surface area (Å²) in [7, 11) is -3.55. The molecule has 0 atom stereocenters. The largest absolute Gasteiger partial charge is 0.257 e. The van der Waals surface area contributed by atoms with E-state index in [0.717, 1.165) is 5.01 Å². The number of halogens is 1. The van der Waals surface area contributed by atoms with Crippen molar-refractivity contribution in [1.29, 1.82) is 0 Å². The van der Waals surface area contributed by atoms with Crippen molar-refractivity contribution in [3.63, 3.8) is 0 Å². The fraction of sp³-hybridized carbons (Fsp3) is 0.333. The molecule has 0 bridgehead atoms. The number of nitrogens with zero attached hydrogens (tertiary/aromatic N) is 2. The van der Waals surface area contributed by atoms with E-state index in [9.17, 15) is 8.42 Å². The lowest BCUT2D eigenvalue weighted by atomic mass is 10.2. The molecule has 108 valence electrons. The van der Waals surface area contributed by atoms with E-state index in [4.69, 9.17) is 11.6 Å². The average molecular weight is 332 g/mol. The van der Waals surface area contributed by atoms with Gasteiger partial charge in [0.1, 0.15) is 5.01 Å². The maximum atomic E-state index is 12.1. The van der Waals surface area contributed by atoms with Crippen LogP contribution in [-0.4, -0.2) is 18.6 Å². The van der Waals surface area contributed by atoms with Crippen LogP contribution >= 0.6 is 22.9 Å². The SMILES string of the molecule is CC(C)c1nnc(NS(=O)(=O)Cc2ccccc2Cl)s1. The lowest BCUT2D eigenvalue weighted by Crippen LogP contribution is -2.15. The number of hydrogen-bond acceptors (Lipinski definition) is 5. The van der Waals surface area contributed by atoms with Gasteiger partial charge >= 0.3 is 0 Å². The highest BCUT2D eigenvalue weighted by Gasteiger charge is 2.17. The first-order valence-electron chi connectivity index (χ1n) is 5.94. The summed E-state index contributed by atoms with van der Waals surface area (Å²) >= 11 is 7.20. The van der Waals surface area contributed by atoms with E-state index < -0.39 is 10.0 Å². The Hall–Kier alpha value is -1.18. The van der Waals surface area contributed by atoms with Crippen molar-refractivity contribution in [1.82, 2.24) is 10.2 Å². The second kappa shape index (κ2) is 6.07. The molecule has 0 aliphatic carbocycles. The molecule has 0 spiro atoms. The van der Waals surface area contributed by atoms with Gasteiger partial charge in [0.25, 0.3) is 0 Å². The van der Waals surface area contributed by atoms with E-state index in [1.807, 2.05) is 13.8 Å². The second-order valence-corrected chi connectivity index (χ2v) is 7.69. The Bertz CT molecular complexity index is 698. The number of sulfonamides is 1. The third kappa shape index (κ3) is 3.91. The first-order chi connectivity index (χ1) is 9.37. The molecule has 1 aromatic heterocycles. The smallest absolute Gasteiger partial charge is 0.238 e. The summed E-state index contributed by atoms with van der Waals surface area (Å²) in [5.74, 6) is 0.0258. The normalized spacial score (nSPS) is 11.8. The number of benzene rings is 1. The van der Waals surface area contributed by atoms with Gasteiger partial charge in [-0.1, -0.05) is 55.0 Å². The predicted octanol–water partition coefficient (Wildman–Crippen LogP) is 3.26. The van der Waals surface area contributed by atoms with Crippen LogP contribution < -0.4 is 4.72 Å². The first kappa shape index (κ1) is 15.2. The quantitative estimate of drug-likeness (QED) is 0.912. The minimum atomic E-state index is -3.55. The molecule has 0 saturated heterocycles. The Balaban J connectivity index is 2.13. The van der Waals surface area contributed by atoms with Gasteiger partial charge in [0.15, 0.2) is 0 Å². The lowest BCUT2D eigenvalue weighted by molar-refractivity contribution is 0.600. The molecule has 1 N–H and O–H groups in total. The van der Waals surface area contributed by atoms with Crippen molar-refractivity contribution in [2.75, 3.05) is 4.72 Å². The van der Waals surface area contributed by atoms with Gasteiger partial charge in [-0.2, -0.15) is 0 Å². The standard InChI is InChI=1S/C12H14ClN3O2S2/c1-8(2)11-14-15-12(19-11)16-20(17,18)7-9-5-3-4-6-10(9)13/h3-6,8H,7H2,1-2H3,(H,15,16). The fourth-order valence-corrected chi connectivity index (χ4v) is 3.97. The van der Waals surface area contributed by atoms with Gasteiger partial charge < -0.3 is 0 Å². The maximum Gasteiger partial charge on any atom is 0.238 e. The molecule has 0 aliphatic rings. The Kier molecular flexibility index (Phi) is 4.62. The Morgan fingerprint density at radius 3 is 2.60 bits per heavy atom. The van der Waals surface area contributed by atoms with Crippen LogP contribution in [0.3, 0.4) is 0 Å². The van der Waals surface area contributed by atoms with E-state index in [2.05, 4.69) is 14.9 Å². The van der Waals surface area contributed by atoms with Crippen molar-refractivity contribution in [3.8, 4) is 0 Å². The van der Waals surface area contributed by atoms with Gasteiger partial charge in [-0.25, -0.2) is 8.42 Å². The molecule has 0 aliphatic heterocycles. The minimum absolute atomic E-state index is 0.191. The van der Waals surface area contributed by atoms with E-state index in [0.29, 0.717) is 10.6 Å². The van der Waals surface area contributed by atoms with E-state index in [1.54, 1.807) is 24.3 Å². The molecule has 0 unspecified atom stereocenters. The van der Waals surface area contributed by atoms with Crippen LogP contribution in [0.1, 0.15) is 30.3 Å². The summed E-state index contributed by atoms with van der Waals surface area (Å²) < 4.78 is 26.6. The van der Waals surface area contributed by atoms with Gasteiger partial charge in [0.2, 0.25) is 15.2 Å². The van der Waals surface area contributed by atoms with Crippen LogP contribution in [0, 0.1) is 0 Å². The highest BCUT2D eigenvalue weighted by atomic mass is 35.5. The fourth-order valence-electron chi connectivity index (χ4n) is 1.50. The molecule has 20 heavy (non-hydrogen) atoms. The molecule has 2 rings (SSSR count). The summed E-state index contributed by atoms with van der Waals surface area (Å²) in [6.07, 6.45) is 0.